The Kier molecular flexibility index (Phi) is 4.78. The topological polar surface area (TPSA) is 87.6 Å². The molecule has 1 unspecified atom stereocenters. The molecule has 0 aliphatic carbocycles. The van der Waals surface area contributed by atoms with Gasteiger partial charge >= 0.3 is 0 Å². The summed E-state index contributed by atoms with van der Waals surface area (Å²) in [4.78, 5) is 10.9. The van der Waals surface area contributed by atoms with Crippen LogP contribution in [0.4, 0.5) is 0 Å². The van der Waals surface area contributed by atoms with E-state index in [0.29, 0.717) is 18.0 Å². The number of carbonyl (C=O) groups is 1. The molecule has 17 heavy (non-hydrogen) atoms. The normalized spacial score (nSPS) is 11.9. The van der Waals surface area contributed by atoms with Crippen LogP contribution in [0.1, 0.15) is 12.5 Å². The summed E-state index contributed by atoms with van der Waals surface area (Å²) in [7, 11) is 1.56. The molecule has 0 saturated carbocycles. The van der Waals surface area contributed by atoms with Crippen LogP contribution in [0.2, 0.25) is 0 Å². The number of primary amides is 1. The van der Waals surface area contributed by atoms with Gasteiger partial charge in [0.05, 0.1) is 19.6 Å². The van der Waals surface area contributed by atoms with Gasteiger partial charge in [0.15, 0.2) is 11.5 Å². The molecule has 0 saturated heterocycles. The number of hydrogen-bond donors (Lipinski definition) is 2. The Hall–Kier alpha value is -1.75. The Morgan fingerprint density at radius 3 is 2.65 bits per heavy atom. The van der Waals surface area contributed by atoms with Crippen LogP contribution in [0.3, 0.4) is 0 Å². The Balaban J connectivity index is 2.77. The van der Waals surface area contributed by atoms with Gasteiger partial charge in [0.1, 0.15) is 0 Å². The van der Waals surface area contributed by atoms with E-state index in [4.69, 9.17) is 20.9 Å². The molecule has 5 nitrogen and oxygen atoms in total. The van der Waals surface area contributed by atoms with Gasteiger partial charge in [-0.3, -0.25) is 4.79 Å². The van der Waals surface area contributed by atoms with Gasteiger partial charge in [-0.15, -0.1) is 0 Å². The fraction of sp³-hybridized carbons (Fsp3) is 0.417. The quantitative estimate of drug-likeness (QED) is 0.761. The van der Waals surface area contributed by atoms with Gasteiger partial charge in [-0.2, -0.15) is 0 Å². The second-order valence-corrected chi connectivity index (χ2v) is 3.80. The summed E-state index contributed by atoms with van der Waals surface area (Å²) < 4.78 is 10.7. The monoisotopic (exact) mass is 238 g/mol. The molecule has 0 heterocycles. The second kappa shape index (κ2) is 6.10. The number of benzene rings is 1. The van der Waals surface area contributed by atoms with E-state index in [9.17, 15) is 4.79 Å². The predicted molar refractivity (Wildman–Crippen MR) is 64.7 cm³/mol. The molecule has 1 aromatic rings. The molecule has 0 fully saturated rings. The second-order valence-electron chi connectivity index (χ2n) is 3.80. The van der Waals surface area contributed by atoms with Gasteiger partial charge < -0.3 is 20.9 Å². The Labute approximate surface area is 101 Å². The van der Waals surface area contributed by atoms with Crippen LogP contribution in [0.25, 0.3) is 0 Å². The summed E-state index contributed by atoms with van der Waals surface area (Å²) in [6.07, 6.45) is 0. The highest BCUT2D eigenvalue weighted by atomic mass is 16.5. The zero-order valence-corrected chi connectivity index (χ0v) is 10.1. The number of methoxy groups -OCH3 is 1. The highest BCUT2D eigenvalue weighted by Crippen LogP contribution is 2.28. The minimum Gasteiger partial charge on any atom is -0.493 e. The van der Waals surface area contributed by atoms with Crippen molar-refractivity contribution in [1.82, 2.24) is 0 Å². The van der Waals surface area contributed by atoms with E-state index >= 15 is 0 Å². The number of rotatable bonds is 6. The van der Waals surface area contributed by atoms with E-state index < -0.39 is 0 Å². The van der Waals surface area contributed by atoms with Crippen LogP contribution in [0.5, 0.6) is 11.5 Å². The van der Waals surface area contributed by atoms with Gasteiger partial charge in [0.25, 0.3) is 0 Å². The predicted octanol–water partition coefficient (Wildman–Crippen LogP) is 0.654. The molecule has 0 bridgehead atoms. The largest absolute Gasteiger partial charge is 0.493 e. The summed E-state index contributed by atoms with van der Waals surface area (Å²) in [6.45, 7) is 2.35. The van der Waals surface area contributed by atoms with Crippen molar-refractivity contribution in [3.8, 4) is 11.5 Å². The summed E-state index contributed by atoms with van der Waals surface area (Å²) in [5.41, 5.74) is 11.6. The van der Waals surface area contributed by atoms with E-state index in [1.165, 1.54) is 0 Å². The molecular weight excluding hydrogens is 220 g/mol. The van der Waals surface area contributed by atoms with Crippen LogP contribution in [0.15, 0.2) is 18.2 Å². The number of ether oxygens (including phenoxy) is 2. The fourth-order valence-corrected chi connectivity index (χ4v) is 1.26. The first kappa shape index (κ1) is 13.3. The van der Waals surface area contributed by atoms with Crippen molar-refractivity contribution in [3.05, 3.63) is 23.8 Å². The highest BCUT2D eigenvalue weighted by Gasteiger charge is 2.11. The van der Waals surface area contributed by atoms with E-state index in [1.54, 1.807) is 26.2 Å². The average molecular weight is 238 g/mol. The summed E-state index contributed by atoms with van der Waals surface area (Å²) in [6, 6.07) is 5.45. The van der Waals surface area contributed by atoms with Crippen molar-refractivity contribution in [2.45, 2.75) is 13.5 Å². The van der Waals surface area contributed by atoms with E-state index in [1.807, 2.05) is 6.07 Å². The minimum atomic E-state index is -0.390. The van der Waals surface area contributed by atoms with Crippen LogP contribution < -0.4 is 20.9 Å². The third-order valence-electron chi connectivity index (χ3n) is 2.44. The highest BCUT2D eigenvalue weighted by molar-refractivity contribution is 5.76. The van der Waals surface area contributed by atoms with Crippen LogP contribution in [0, 0.1) is 5.92 Å². The lowest BCUT2D eigenvalue weighted by Crippen LogP contribution is -2.25. The van der Waals surface area contributed by atoms with Gasteiger partial charge in [-0.05, 0) is 17.7 Å². The van der Waals surface area contributed by atoms with Gasteiger partial charge in [-0.1, -0.05) is 13.0 Å². The van der Waals surface area contributed by atoms with E-state index in [0.717, 1.165) is 5.56 Å². The number of hydrogen-bond acceptors (Lipinski definition) is 4. The molecule has 5 heteroatoms. The summed E-state index contributed by atoms with van der Waals surface area (Å²) in [5, 5.41) is 0. The van der Waals surface area contributed by atoms with Crippen LogP contribution in [-0.2, 0) is 11.3 Å². The van der Waals surface area contributed by atoms with Gasteiger partial charge in [0.2, 0.25) is 5.91 Å². The number of carbonyl (C=O) groups excluding carboxylic acids is 1. The molecule has 94 valence electrons. The average Bonchev–Trinajstić information content (AvgIpc) is 2.35. The maximum Gasteiger partial charge on any atom is 0.223 e. The van der Waals surface area contributed by atoms with E-state index in [-0.39, 0.29) is 18.4 Å². The molecule has 1 amide bonds. The fourth-order valence-electron chi connectivity index (χ4n) is 1.26. The number of amides is 1. The lowest BCUT2D eigenvalue weighted by molar-refractivity contribution is -0.122. The minimum absolute atomic E-state index is 0.222. The molecule has 1 aromatic carbocycles. The van der Waals surface area contributed by atoms with Crippen molar-refractivity contribution >= 4 is 5.91 Å². The molecule has 4 N–H and O–H groups in total. The first-order chi connectivity index (χ1) is 8.08. The Morgan fingerprint density at radius 1 is 1.41 bits per heavy atom. The van der Waals surface area contributed by atoms with Crippen molar-refractivity contribution in [1.29, 1.82) is 0 Å². The third-order valence-corrected chi connectivity index (χ3v) is 2.44. The van der Waals surface area contributed by atoms with Crippen molar-refractivity contribution in [2.75, 3.05) is 13.7 Å². The van der Waals surface area contributed by atoms with Crippen LogP contribution in [-0.4, -0.2) is 19.6 Å². The SMILES string of the molecule is COc1ccc(CN)cc1OCC(C)C(N)=O. The zero-order chi connectivity index (χ0) is 12.8. The van der Waals surface area contributed by atoms with Crippen molar-refractivity contribution in [3.63, 3.8) is 0 Å². The molecule has 1 rings (SSSR count). The maximum absolute atomic E-state index is 10.9. The van der Waals surface area contributed by atoms with Crippen molar-refractivity contribution in [2.24, 2.45) is 17.4 Å². The first-order valence-electron chi connectivity index (χ1n) is 5.37. The molecule has 0 aromatic heterocycles. The third kappa shape index (κ3) is 3.64. The Morgan fingerprint density at radius 2 is 2.12 bits per heavy atom. The Bertz CT molecular complexity index is 393. The van der Waals surface area contributed by atoms with Crippen molar-refractivity contribution < 1.29 is 14.3 Å². The lowest BCUT2D eigenvalue weighted by atomic mass is 10.2. The lowest BCUT2D eigenvalue weighted by Gasteiger charge is -2.13. The molecule has 0 aliphatic heterocycles. The van der Waals surface area contributed by atoms with E-state index in [2.05, 4.69) is 0 Å². The number of nitrogens with two attached hydrogens (primary N) is 2. The first-order valence-corrected chi connectivity index (χ1v) is 5.37. The molecule has 0 radical (unpaired) electrons. The molecule has 0 spiro atoms. The molecule has 0 aliphatic rings. The molecule has 1 atom stereocenters. The zero-order valence-electron chi connectivity index (χ0n) is 10.1. The summed E-state index contributed by atoms with van der Waals surface area (Å²) in [5.74, 6) is 0.447. The standard InChI is InChI=1S/C12H18N2O3/c1-8(12(14)15)7-17-11-5-9(6-13)3-4-10(11)16-2/h3-5,8H,6-7,13H2,1-2H3,(H2,14,15). The molecular formula is C12H18N2O3. The summed E-state index contributed by atoms with van der Waals surface area (Å²) >= 11 is 0. The maximum atomic E-state index is 10.9. The van der Waals surface area contributed by atoms with Gasteiger partial charge in [0, 0.05) is 6.54 Å². The smallest absolute Gasteiger partial charge is 0.223 e. The van der Waals surface area contributed by atoms with Gasteiger partial charge in [-0.25, -0.2) is 0 Å². The van der Waals surface area contributed by atoms with Crippen LogP contribution >= 0.6 is 0 Å².